The highest BCUT2D eigenvalue weighted by Crippen LogP contribution is 2.17. The van der Waals surface area contributed by atoms with Crippen LogP contribution in [0.5, 0.6) is 0 Å². The van der Waals surface area contributed by atoms with Crippen molar-refractivity contribution in [2.45, 2.75) is 84.0 Å². The molecule has 0 amide bonds. The molecule has 7 heteroatoms. The Labute approximate surface area is 175 Å². The fourth-order valence-electron chi connectivity index (χ4n) is 3.63. The predicted molar refractivity (Wildman–Crippen MR) is 113 cm³/mol. The van der Waals surface area contributed by atoms with Gasteiger partial charge >= 0.3 is 17.9 Å². The maximum absolute atomic E-state index is 10.9. The highest BCUT2D eigenvalue weighted by atomic mass is 16.4. The molecule has 0 fully saturated rings. The molecule has 0 aliphatic rings. The van der Waals surface area contributed by atoms with Gasteiger partial charge in [-0.25, -0.2) is 0 Å². The first-order chi connectivity index (χ1) is 13.8. The van der Waals surface area contributed by atoms with E-state index in [1.165, 1.54) is 12.8 Å². The second kappa shape index (κ2) is 17.0. The van der Waals surface area contributed by atoms with Crippen molar-refractivity contribution < 1.29 is 34.2 Å². The Morgan fingerprint density at radius 1 is 0.621 bits per heavy atom. The SMILES string of the molecule is CCCC/C=C/CCCC[N+](CCCC(=O)O)(CCCC(=O)O)CCCC(=O)O. The summed E-state index contributed by atoms with van der Waals surface area (Å²) in [5, 5.41) is 26.9. The van der Waals surface area contributed by atoms with E-state index in [0.717, 1.165) is 32.2 Å². The second-order valence-electron chi connectivity index (χ2n) is 7.84. The molecule has 0 aliphatic carbocycles. The van der Waals surface area contributed by atoms with Gasteiger partial charge in [0.25, 0.3) is 0 Å². The largest absolute Gasteiger partial charge is 0.481 e. The van der Waals surface area contributed by atoms with Gasteiger partial charge in [0.15, 0.2) is 0 Å². The smallest absolute Gasteiger partial charge is 0.303 e. The number of hydrogen-bond acceptors (Lipinski definition) is 3. The lowest BCUT2D eigenvalue weighted by atomic mass is 10.1. The van der Waals surface area contributed by atoms with Crippen LogP contribution < -0.4 is 0 Å². The van der Waals surface area contributed by atoms with E-state index in [-0.39, 0.29) is 19.3 Å². The van der Waals surface area contributed by atoms with Crippen molar-refractivity contribution >= 4 is 17.9 Å². The molecule has 0 bridgehead atoms. The van der Waals surface area contributed by atoms with Crippen molar-refractivity contribution in [1.29, 1.82) is 0 Å². The Hall–Kier alpha value is -1.89. The number of carbonyl (C=O) groups is 3. The maximum Gasteiger partial charge on any atom is 0.303 e. The molecule has 3 N–H and O–H groups in total. The molecular formula is C22H40NO6+. The lowest BCUT2D eigenvalue weighted by Gasteiger charge is -2.39. The third-order valence-corrected chi connectivity index (χ3v) is 5.21. The highest BCUT2D eigenvalue weighted by molar-refractivity contribution is 5.67. The minimum atomic E-state index is -0.837. The summed E-state index contributed by atoms with van der Waals surface area (Å²) < 4.78 is 0.618. The summed E-state index contributed by atoms with van der Waals surface area (Å²) in [5.74, 6) is -2.51. The maximum atomic E-state index is 10.9. The van der Waals surface area contributed by atoms with Gasteiger partial charge in [0.05, 0.1) is 45.4 Å². The first kappa shape index (κ1) is 27.1. The van der Waals surface area contributed by atoms with Crippen molar-refractivity contribution in [3.63, 3.8) is 0 Å². The molecule has 0 aromatic heterocycles. The minimum absolute atomic E-state index is 0.0814. The van der Waals surface area contributed by atoms with Crippen LogP contribution in [0, 0.1) is 0 Å². The molecule has 0 saturated carbocycles. The highest BCUT2D eigenvalue weighted by Gasteiger charge is 2.27. The van der Waals surface area contributed by atoms with Gasteiger partial charge in [-0.05, 0) is 25.7 Å². The summed E-state index contributed by atoms with van der Waals surface area (Å²) in [6.07, 6.45) is 12.7. The lowest BCUT2D eigenvalue weighted by molar-refractivity contribution is -0.929. The lowest BCUT2D eigenvalue weighted by Crippen LogP contribution is -2.51. The molecule has 0 heterocycles. The van der Waals surface area contributed by atoms with E-state index in [1.54, 1.807) is 0 Å². The van der Waals surface area contributed by atoms with Gasteiger partial charge in [0, 0.05) is 19.3 Å². The van der Waals surface area contributed by atoms with Crippen LogP contribution in [0.1, 0.15) is 84.0 Å². The van der Waals surface area contributed by atoms with E-state index in [0.29, 0.717) is 43.4 Å². The number of nitrogens with zero attached hydrogens (tertiary/aromatic N) is 1. The van der Waals surface area contributed by atoms with E-state index in [9.17, 15) is 14.4 Å². The van der Waals surface area contributed by atoms with E-state index in [2.05, 4.69) is 19.1 Å². The number of carboxylic acid groups (broad SMARTS) is 3. The summed E-state index contributed by atoms with van der Waals surface area (Å²) in [6, 6.07) is 0. The number of unbranched alkanes of at least 4 members (excludes halogenated alkanes) is 4. The molecule has 7 nitrogen and oxygen atoms in total. The molecule has 29 heavy (non-hydrogen) atoms. The van der Waals surface area contributed by atoms with Gasteiger partial charge in [0.1, 0.15) is 0 Å². The zero-order valence-corrected chi connectivity index (χ0v) is 18.0. The predicted octanol–water partition coefficient (Wildman–Crippen LogP) is 4.31. The molecule has 0 aliphatic heterocycles. The number of hydrogen-bond donors (Lipinski definition) is 3. The molecule has 0 unspecified atom stereocenters. The van der Waals surface area contributed by atoms with Crippen LogP contribution >= 0.6 is 0 Å². The molecular weight excluding hydrogens is 374 g/mol. The van der Waals surface area contributed by atoms with Crippen molar-refractivity contribution in [3.8, 4) is 0 Å². The Kier molecular flexibility index (Phi) is 15.9. The summed E-state index contributed by atoms with van der Waals surface area (Å²) >= 11 is 0. The second-order valence-corrected chi connectivity index (χ2v) is 7.84. The fourth-order valence-corrected chi connectivity index (χ4v) is 3.63. The average Bonchev–Trinajstić information content (AvgIpc) is 2.63. The quantitative estimate of drug-likeness (QED) is 0.155. The van der Waals surface area contributed by atoms with Crippen molar-refractivity contribution in [3.05, 3.63) is 12.2 Å². The van der Waals surface area contributed by atoms with Gasteiger partial charge < -0.3 is 19.8 Å². The molecule has 0 radical (unpaired) electrons. The molecule has 0 spiro atoms. The first-order valence-corrected chi connectivity index (χ1v) is 11.0. The topological polar surface area (TPSA) is 112 Å². The average molecular weight is 415 g/mol. The number of quaternary nitrogens is 1. The van der Waals surface area contributed by atoms with Gasteiger partial charge in [-0.15, -0.1) is 0 Å². The Morgan fingerprint density at radius 2 is 1.00 bits per heavy atom. The van der Waals surface area contributed by atoms with Crippen LogP contribution in [-0.4, -0.2) is 63.9 Å². The van der Waals surface area contributed by atoms with Crippen LogP contribution in [0.15, 0.2) is 12.2 Å². The first-order valence-electron chi connectivity index (χ1n) is 11.0. The molecule has 0 aromatic rings. The van der Waals surface area contributed by atoms with E-state index in [4.69, 9.17) is 15.3 Å². The number of carboxylic acids is 3. The zero-order chi connectivity index (χ0) is 22.0. The van der Waals surface area contributed by atoms with Crippen molar-refractivity contribution in [2.24, 2.45) is 0 Å². The van der Waals surface area contributed by atoms with Crippen LogP contribution in [0.2, 0.25) is 0 Å². The third kappa shape index (κ3) is 16.7. The normalized spacial score (nSPS) is 11.8. The minimum Gasteiger partial charge on any atom is -0.481 e. The summed E-state index contributed by atoms with van der Waals surface area (Å²) in [5.41, 5.74) is 0. The van der Waals surface area contributed by atoms with Crippen molar-refractivity contribution in [1.82, 2.24) is 0 Å². The zero-order valence-electron chi connectivity index (χ0n) is 18.0. The van der Waals surface area contributed by atoms with Gasteiger partial charge in [-0.2, -0.15) is 0 Å². The van der Waals surface area contributed by atoms with E-state index < -0.39 is 17.9 Å². The summed E-state index contributed by atoms with van der Waals surface area (Å²) in [7, 11) is 0. The standard InChI is InChI=1S/C22H39NO6/c1-2-3-4-5-6-7-8-9-16-23(17-10-13-20(24)25,18-11-14-21(26)27)19-12-15-22(28)29/h5-6H,2-4,7-19H2,1H3,(H2-,24,25,26,27,28,29)/p+1/b6-5+. The number of allylic oxidation sites excluding steroid dienone is 2. The van der Waals surface area contributed by atoms with Crippen LogP contribution in [0.3, 0.4) is 0 Å². The molecule has 0 saturated heterocycles. The van der Waals surface area contributed by atoms with Gasteiger partial charge in [-0.1, -0.05) is 31.9 Å². The molecule has 0 atom stereocenters. The fraction of sp³-hybridized carbons (Fsp3) is 0.773. The monoisotopic (exact) mass is 414 g/mol. The van der Waals surface area contributed by atoms with Gasteiger partial charge in [0.2, 0.25) is 0 Å². The molecule has 0 rings (SSSR count). The van der Waals surface area contributed by atoms with E-state index >= 15 is 0 Å². The van der Waals surface area contributed by atoms with Crippen LogP contribution in [-0.2, 0) is 14.4 Å². The molecule has 168 valence electrons. The summed E-state index contributed by atoms with van der Waals surface area (Å²) in [6.45, 7) is 4.96. The molecule has 0 aromatic carbocycles. The van der Waals surface area contributed by atoms with Crippen LogP contribution in [0.4, 0.5) is 0 Å². The summed E-state index contributed by atoms with van der Waals surface area (Å²) in [4.78, 5) is 32.8. The number of aliphatic carboxylic acids is 3. The van der Waals surface area contributed by atoms with Gasteiger partial charge in [-0.3, -0.25) is 14.4 Å². The third-order valence-electron chi connectivity index (χ3n) is 5.21. The number of rotatable bonds is 20. The van der Waals surface area contributed by atoms with E-state index in [1.807, 2.05) is 0 Å². The van der Waals surface area contributed by atoms with Crippen molar-refractivity contribution in [2.75, 3.05) is 26.2 Å². The Morgan fingerprint density at radius 3 is 1.38 bits per heavy atom. The Bertz CT molecular complexity index is 453. The Balaban J connectivity index is 4.83. The van der Waals surface area contributed by atoms with Crippen LogP contribution in [0.25, 0.3) is 0 Å².